The number of hydrogen-bond donors (Lipinski definition) is 0. The van der Waals surface area contributed by atoms with Crippen LogP contribution in [-0.4, -0.2) is 18.6 Å². The van der Waals surface area contributed by atoms with Gasteiger partial charge in [0.15, 0.2) is 0 Å². The normalized spacial score (nSPS) is 42.8. The Morgan fingerprint density at radius 3 is 3.00 bits per heavy atom. The standard InChI is InChI=1S/C4H10O3PS/c1-9(7-8-5)4-2-3-6-9/h8H,2-4H2,1H3/q+1. The van der Waals surface area contributed by atoms with Gasteiger partial charge < -0.3 is 0 Å². The molecule has 1 aliphatic heterocycles. The average molecular weight is 169 g/mol. The summed E-state index contributed by atoms with van der Waals surface area (Å²) in [5, 5.41) is 0. The summed E-state index contributed by atoms with van der Waals surface area (Å²) in [7, 11) is -2.03. The third kappa shape index (κ3) is 1.90. The van der Waals surface area contributed by atoms with Crippen LogP contribution in [0.2, 0.25) is 0 Å². The largest absolute Gasteiger partial charge is 0.515 e. The maximum absolute atomic E-state index is 10.0. The van der Waals surface area contributed by atoms with E-state index in [0.717, 1.165) is 18.8 Å². The Bertz CT molecular complexity index is 112. The molecular formula is C4H10O3PS+. The van der Waals surface area contributed by atoms with Crippen molar-refractivity contribution < 1.29 is 12.7 Å². The van der Waals surface area contributed by atoms with E-state index in [1.54, 1.807) is 0 Å². The first-order valence-electron chi connectivity index (χ1n) is 2.73. The van der Waals surface area contributed by atoms with E-state index >= 15 is 0 Å². The molecule has 2 unspecified atom stereocenters. The second-order valence-corrected chi connectivity index (χ2v) is 5.30. The van der Waals surface area contributed by atoms with E-state index < -0.39 is 19.3 Å². The van der Waals surface area contributed by atoms with Gasteiger partial charge in [0, 0.05) is 12.0 Å². The van der Waals surface area contributed by atoms with Crippen molar-refractivity contribution in [1.82, 2.24) is 0 Å². The highest BCUT2D eigenvalue weighted by Gasteiger charge is 2.25. The van der Waals surface area contributed by atoms with Crippen LogP contribution < -0.4 is 0 Å². The lowest BCUT2D eigenvalue weighted by Gasteiger charge is -2.24. The van der Waals surface area contributed by atoms with Gasteiger partial charge in [-0.05, 0) is 15.0 Å². The molecule has 0 spiro atoms. The molecule has 1 heterocycles. The van der Waals surface area contributed by atoms with Crippen molar-refractivity contribution in [2.75, 3.05) is 18.6 Å². The van der Waals surface area contributed by atoms with Crippen molar-refractivity contribution in [2.45, 2.75) is 6.42 Å². The molecule has 0 saturated carbocycles. The fraction of sp³-hybridized carbons (Fsp3) is 1.00. The maximum Gasteiger partial charge on any atom is 0.515 e. The van der Waals surface area contributed by atoms with Crippen LogP contribution in [0.15, 0.2) is 0 Å². The topological polar surface area (TPSA) is 35.5 Å². The van der Waals surface area contributed by atoms with E-state index in [4.69, 9.17) is 8.15 Å². The second-order valence-electron chi connectivity index (χ2n) is 1.97. The van der Waals surface area contributed by atoms with Crippen LogP contribution in [0.25, 0.3) is 0 Å². The molecule has 9 heavy (non-hydrogen) atoms. The third-order valence-electron chi connectivity index (χ3n) is 1.20. The van der Waals surface area contributed by atoms with Crippen LogP contribution >= 0.6 is 19.3 Å². The van der Waals surface area contributed by atoms with Crippen LogP contribution in [-0.2, 0) is 12.7 Å². The Balaban J connectivity index is 2.40. The Kier molecular flexibility index (Phi) is 2.47. The van der Waals surface area contributed by atoms with Crippen LogP contribution in [0, 0.1) is 0 Å². The zero-order chi connectivity index (χ0) is 6.74. The summed E-state index contributed by atoms with van der Waals surface area (Å²) in [4.78, 5) is 0. The number of rotatable bonds is 2. The molecule has 0 N–H and O–H groups in total. The van der Waals surface area contributed by atoms with Crippen molar-refractivity contribution in [3.63, 3.8) is 0 Å². The molecule has 0 aromatic heterocycles. The minimum Gasteiger partial charge on any atom is -0.281 e. The van der Waals surface area contributed by atoms with E-state index in [9.17, 15) is 4.57 Å². The van der Waals surface area contributed by atoms with E-state index in [2.05, 4.69) is 0 Å². The van der Waals surface area contributed by atoms with Gasteiger partial charge in [-0.3, -0.25) is 4.18 Å². The van der Waals surface area contributed by atoms with E-state index in [1.807, 2.05) is 6.26 Å². The summed E-state index contributed by atoms with van der Waals surface area (Å²) in [6.45, 7) is 0.760. The Labute approximate surface area is 57.7 Å². The van der Waals surface area contributed by atoms with E-state index in [0.29, 0.717) is 0 Å². The molecule has 0 amide bonds. The van der Waals surface area contributed by atoms with Crippen molar-refractivity contribution >= 4 is 19.3 Å². The molecule has 54 valence electrons. The van der Waals surface area contributed by atoms with Gasteiger partial charge in [0.1, 0.15) is 0 Å². The van der Waals surface area contributed by atoms with Crippen LogP contribution in [0.3, 0.4) is 0 Å². The molecule has 5 heteroatoms. The number of hydrogen-bond acceptors (Lipinski definition) is 3. The van der Waals surface area contributed by atoms with Gasteiger partial charge in [-0.15, -0.1) is 10.6 Å². The fourth-order valence-electron chi connectivity index (χ4n) is 0.753. The molecule has 1 rings (SSSR count). The predicted octanol–water partition coefficient (Wildman–Crippen LogP) is 1.63. The molecule has 3 nitrogen and oxygen atoms in total. The van der Waals surface area contributed by atoms with Gasteiger partial charge in [-0.25, -0.2) is 0 Å². The first-order valence-corrected chi connectivity index (χ1v) is 5.60. The molecule has 1 fully saturated rings. The predicted molar refractivity (Wildman–Crippen MR) is 39.0 cm³/mol. The molecule has 1 aliphatic rings. The lowest BCUT2D eigenvalue weighted by Crippen LogP contribution is -1.95. The molecule has 0 bridgehead atoms. The summed E-state index contributed by atoms with van der Waals surface area (Å²) in [5.41, 5.74) is 0. The lowest BCUT2D eigenvalue weighted by molar-refractivity contribution is 0.362. The highest BCUT2D eigenvalue weighted by atomic mass is 32.3. The zero-order valence-corrected chi connectivity index (χ0v) is 7.07. The minimum atomic E-state index is -1.35. The lowest BCUT2D eigenvalue weighted by atomic mass is 10.5. The highest BCUT2D eigenvalue weighted by Crippen LogP contribution is 2.53. The summed E-state index contributed by atoms with van der Waals surface area (Å²) >= 11 is 0. The van der Waals surface area contributed by atoms with Crippen molar-refractivity contribution in [2.24, 2.45) is 0 Å². The Hall–Kier alpha value is 0.370. The molecule has 2 atom stereocenters. The highest BCUT2D eigenvalue weighted by molar-refractivity contribution is 8.26. The van der Waals surface area contributed by atoms with Crippen LogP contribution in [0.4, 0.5) is 0 Å². The van der Waals surface area contributed by atoms with E-state index in [1.165, 1.54) is 0 Å². The molecule has 0 aromatic carbocycles. The molecule has 0 aliphatic carbocycles. The Morgan fingerprint density at radius 2 is 2.56 bits per heavy atom. The summed E-state index contributed by atoms with van der Waals surface area (Å²) in [5.74, 6) is 0.933. The summed E-state index contributed by atoms with van der Waals surface area (Å²) < 4.78 is 20.2. The molecule has 1 saturated heterocycles. The maximum atomic E-state index is 10.0. The van der Waals surface area contributed by atoms with Gasteiger partial charge in [-0.2, -0.15) is 0 Å². The third-order valence-corrected chi connectivity index (χ3v) is 4.58. The Morgan fingerprint density at radius 1 is 1.78 bits per heavy atom. The monoisotopic (exact) mass is 169 g/mol. The van der Waals surface area contributed by atoms with Gasteiger partial charge in [0.25, 0.3) is 0 Å². The summed E-state index contributed by atoms with van der Waals surface area (Å²) in [6.07, 6.45) is 2.93. The first-order chi connectivity index (χ1) is 4.27. The smallest absolute Gasteiger partial charge is 0.281 e. The van der Waals surface area contributed by atoms with Gasteiger partial charge in [0.05, 0.1) is 6.61 Å². The zero-order valence-electron chi connectivity index (χ0n) is 5.25. The quantitative estimate of drug-likeness (QED) is 0.589. The van der Waals surface area contributed by atoms with Crippen molar-refractivity contribution in [1.29, 1.82) is 0 Å². The van der Waals surface area contributed by atoms with Gasteiger partial charge in [0.2, 0.25) is 0 Å². The van der Waals surface area contributed by atoms with Crippen LogP contribution in [0.5, 0.6) is 0 Å². The second kappa shape index (κ2) is 2.97. The van der Waals surface area contributed by atoms with Crippen molar-refractivity contribution in [3.05, 3.63) is 0 Å². The first kappa shape index (κ1) is 7.48. The van der Waals surface area contributed by atoms with Crippen molar-refractivity contribution in [3.8, 4) is 0 Å². The van der Waals surface area contributed by atoms with Gasteiger partial charge in [-0.1, -0.05) is 0 Å². The average Bonchev–Trinajstić information content (AvgIpc) is 2.16. The molecule has 0 radical (unpaired) electrons. The molecular weight excluding hydrogens is 159 g/mol. The minimum absolute atomic E-state index is 0.675. The summed E-state index contributed by atoms with van der Waals surface area (Å²) in [6, 6.07) is 0. The van der Waals surface area contributed by atoms with Crippen LogP contribution in [0.1, 0.15) is 6.42 Å². The van der Waals surface area contributed by atoms with Gasteiger partial charge >= 0.3 is 8.69 Å². The van der Waals surface area contributed by atoms with E-state index in [-0.39, 0.29) is 0 Å². The molecule has 0 aromatic rings. The SMILES string of the molecule is CS1(O[PH+]=O)CCCO1. The fourth-order valence-corrected chi connectivity index (χ4v) is 3.08.